The summed E-state index contributed by atoms with van der Waals surface area (Å²) >= 11 is 3.47. The Bertz CT molecular complexity index is 307. The molecule has 0 aromatic heterocycles. The lowest BCUT2D eigenvalue weighted by Crippen LogP contribution is -2.26. The van der Waals surface area contributed by atoms with Gasteiger partial charge in [0.2, 0.25) is 0 Å². The summed E-state index contributed by atoms with van der Waals surface area (Å²) in [5.74, 6) is 0.679. The molecule has 0 bridgehead atoms. The molecule has 1 N–H and O–H groups in total. The third-order valence-corrected chi connectivity index (χ3v) is 3.59. The Morgan fingerprint density at radius 2 is 1.86 bits per heavy atom. The van der Waals surface area contributed by atoms with Crippen LogP contribution in [-0.4, -0.2) is 12.1 Å². The van der Waals surface area contributed by atoms with Gasteiger partial charge in [0, 0.05) is 22.5 Å². The van der Waals surface area contributed by atoms with Crippen molar-refractivity contribution in [1.82, 2.24) is 5.32 Å². The standard InChI is InChI=1S/C12H16BrN/c1-8-7-12(9(2)14-8)10-3-5-11(13)6-4-10/h3-6,8-9,12,14H,7H2,1-2H3. The molecule has 1 aromatic carbocycles. The lowest BCUT2D eigenvalue weighted by atomic mass is 9.92. The van der Waals surface area contributed by atoms with Crippen LogP contribution in [-0.2, 0) is 0 Å². The smallest absolute Gasteiger partial charge is 0.0175 e. The van der Waals surface area contributed by atoms with Crippen LogP contribution in [0, 0.1) is 0 Å². The van der Waals surface area contributed by atoms with Crippen LogP contribution in [0.3, 0.4) is 0 Å². The quantitative estimate of drug-likeness (QED) is 0.810. The van der Waals surface area contributed by atoms with Crippen LogP contribution in [0.4, 0.5) is 0 Å². The zero-order valence-electron chi connectivity index (χ0n) is 8.63. The molecule has 3 atom stereocenters. The summed E-state index contributed by atoms with van der Waals surface area (Å²) < 4.78 is 1.16. The Morgan fingerprint density at radius 1 is 1.21 bits per heavy atom. The average Bonchev–Trinajstić information content (AvgIpc) is 2.47. The molecule has 0 saturated carbocycles. The first-order chi connectivity index (χ1) is 6.66. The van der Waals surface area contributed by atoms with Gasteiger partial charge in [0.1, 0.15) is 0 Å². The minimum atomic E-state index is 0.603. The second-order valence-corrected chi connectivity index (χ2v) is 5.17. The van der Waals surface area contributed by atoms with E-state index >= 15 is 0 Å². The summed E-state index contributed by atoms with van der Waals surface area (Å²) in [6, 6.07) is 9.97. The molecule has 1 fully saturated rings. The first-order valence-corrected chi connectivity index (χ1v) is 5.97. The topological polar surface area (TPSA) is 12.0 Å². The minimum absolute atomic E-state index is 0.603. The van der Waals surface area contributed by atoms with E-state index in [1.165, 1.54) is 12.0 Å². The van der Waals surface area contributed by atoms with E-state index in [1.54, 1.807) is 0 Å². The summed E-state index contributed by atoms with van der Waals surface area (Å²) in [6.45, 7) is 4.53. The molecule has 1 heterocycles. The predicted molar refractivity (Wildman–Crippen MR) is 63.6 cm³/mol. The van der Waals surface area contributed by atoms with E-state index in [0.717, 1.165) is 4.47 Å². The second-order valence-electron chi connectivity index (χ2n) is 4.25. The minimum Gasteiger partial charge on any atom is -0.311 e. The molecule has 0 aliphatic carbocycles. The van der Waals surface area contributed by atoms with Crippen molar-refractivity contribution in [2.45, 2.75) is 38.3 Å². The molecule has 3 unspecified atom stereocenters. The molecular weight excluding hydrogens is 238 g/mol. The van der Waals surface area contributed by atoms with Crippen LogP contribution in [0.5, 0.6) is 0 Å². The van der Waals surface area contributed by atoms with Crippen LogP contribution in [0.25, 0.3) is 0 Å². The highest BCUT2D eigenvalue weighted by molar-refractivity contribution is 9.10. The average molecular weight is 254 g/mol. The maximum absolute atomic E-state index is 3.57. The predicted octanol–water partition coefficient (Wildman–Crippen LogP) is 3.30. The van der Waals surface area contributed by atoms with E-state index < -0.39 is 0 Å². The fourth-order valence-electron chi connectivity index (χ4n) is 2.35. The van der Waals surface area contributed by atoms with Crippen molar-refractivity contribution in [2.24, 2.45) is 0 Å². The SMILES string of the molecule is CC1CC(c2ccc(Br)cc2)C(C)N1. The van der Waals surface area contributed by atoms with Crippen molar-refractivity contribution in [3.63, 3.8) is 0 Å². The van der Waals surface area contributed by atoms with Gasteiger partial charge in [0.15, 0.2) is 0 Å². The van der Waals surface area contributed by atoms with E-state index in [4.69, 9.17) is 0 Å². The molecule has 1 nitrogen and oxygen atoms in total. The Hall–Kier alpha value is -0.340. The largest absolute Gasteiger partial charge is 0.311 e. The molecule has 14 heavy (non-hydrogen) atoms. The Morgan fingerprint density at radius 3 is 2.36 bits per heavy atom. The molecule has 2 rings (SSSR count). The van der Waals surface area contributed by atoms with Crippen molar-refractivity contribution in [1.29, 1.82) is 0 Å². The van der Waals surface area contributed by atoms with Gasteiger partial charge in [0.25, 0.3) is 0 Å². The highest BCUT2D eigenvalue weighted by Crippen LogP contribution is 2.31. The maximum atomic E-state index is 3.57. The van der Waals surface area contributed by atoms with E-state index in [1.807, 2.05) is 0 Å². The Kier molecular flexibility index (Phi) is 2.93. The molecular formula is C12H16BrN. The van der Waals surface area contributed by atoms with E-state index in [2.05, 4.69) is 59.4 Å². The van der Waals surface area contributed by atoms with Crippen molar-refractivity contribution < 1.29 is 0 Å². The van der Waals surface area contributed by atoms with Crippen molar-refractivity contribution >= 4 is 15.9 Å². The van der Waals surface area contributed by atoms with Crippen molar-refractivity contribution in [3.05, 3.63) is 34.3 Å². The molecule has 2 heteroatoms. The van der Waals surface area contributed by atoms with Gasteiger partial charge in [-0.15, -0.1) is 0 Å². The highest BCUT2D eigenvalue weighted by Gasteiger charge is 2.28. The fourth-order valence-corrected chi connectivity index (χ4v) is 2.62. The van der Waals surface area contributed by atoms with E-state index in [9.17, 15) is 0 Å². The number of rotatable bonds is 1. The number of halogens is 1. The first kappa shape index (κ1) is 10.2. The lowest BCUT2D eigenvalue weighted by Gasteiger charge is -2.15. The monoisotopic (exact) mass is 253 g/mol. The van der Waals surface area contributed by atoms with Gasteiger partial charge in [-0.25, -0.2) is 0 Å². The normalized spacial score (nSPS) is 32.1. The number of nitrogens with one attached hydrogen (secondary N) is 1. The van der Waals surface area contributed by atoms with Crippen molar-refractivity contribution in [3.8, 4) is 0 Å². The van der Waals surface area contributed by atoms with Gasteiger partial charge in [-0.05, 0) is 38.0 Å². The van der Waals surface area contributed by atoms with Gasteiger partial charge in [-0.1, -0.05) is 28.1 Å². The molecule has 1 aliphatic heterocycles. The molecule has 76 valence electrons. The molecule has 1 aromatic rings. The van der Waals surface area contributed by atoms with Crippen LogP contribution in [0.1, 0.15) is 31.7 Å². The zero-order chi connectivity index (χ0) is 10.1. The van der Waals surface area contributed by atoms with Gasteiger partial charge in [-0.2, -0.15) is 0 Å². The van der Waals surface area contributed by atoms with Crippen LogP contribution in [0.2, 0.25) is 0 Å². The first-order valence-electron chi connectivity index (χ1n) is 5.18. The Labute approximate surface area is 94.0 Å². The van der Waals surface area contributed by atoms with Gasteiger partial charge in [-0.3, -0.25) is 0 Å². The van der Waals surface area contributed by atoms with Crippen molar-refractivity contribution in [2.75, 3.05) is 0 Å². The van der Waals surface area contributed by atoms with E-state index in [0.29, 0.717) is 18.0 Å². The fraction of sp³-hybridized carbons (Fsp3) is 0.500. The number of benzene rings is 1. The van der Waals surface area contributed by atoms with Gasteiger partial charge >= 0.3 is 0 Å². The van der Waals surface area contributed by atoms with Gasteiger partial charge < -0.3 is 5.32 Å². The van der Waals surface area contributed by atoms with Crippen LogP contribution < -0.4 is 5.32 Å². The summed E-state index contributed by atoms with van der Waals surface area (Å²) in [7, 11) is 0. The third kappa shape index (κ3) is 2.01. The maximum Gasteiger partial charge on any atom is 0.0175 e. The van der Waals surface area contributed by atoms with Crippen LogP contribution in [0.15, 0.2) is 28.7 Å². The summed E-state index contributed by atoms with van der Waals surface area (Å²) in [6.07, 6.45) is 1.25. The molecule has 1 saturated heterocycles. The molecule has 0 amide bonds. The summed E-state index contributed by atoms with van der Waals surface area (Å²) in [5.41, 5.74) is 1.46. The number of hydrogen-bond donors (Lipinski definition) is 1. The Balaban J connectivity index is 2.19. The summed E-state index contributed by atoms with van der Waals surface area (Å²) in [4.78, 5) is 0. The van der Waals surface area contributed by atoms with Crippen LogP contribution >= 0.6 is 15.9 Å². The summed E-state index contributed by atoms with van der Waals surface area (Å²) in [5, 5.41) is 3.57. The van der Waals surface area contributed by atoms with Gasteiger partial charge in [0.05, 0.1) is 0 Å². The zero-order valence-corrected chi connectivity index (χ0v) is 10.2. The second kappa shape index (κ2) is 4.03. The third-order valence-electron chi connectivity index (χ3n) is 3.06. The molecule has 1 aliphatic rings. The van der Waals surface area contributed by atoms with E-state index in [-0.39, 0.29) is 0 Å². The molecule has 0 spiro atoms. The number of hydrogen-bond acceptors (Lipinski definition) is 1. The highest BCUT2D eigenvalue weighted by atomic mass is 79.9. The lowest BCUT2D eigenvalue weighted by molar-refractivity contribution is 0.575. The molecule has 0 radical (unpaired) electrons.